The molecule has 0 fully saturated rings. The molecule has 22 heavy (non-hydrogen) atoms. The number of fused-ring (bicyclic) bond motifs is 1. The third-order valence-corrected chi connectivity index (χ3v) is 3.28. The molecule has 0 aliphatic heterocycles. The van der Waals surface area contributed by atoms with Crippen molar-refractivity contribution in [1.29, 1.82) is 0 Å². The molecule has 0 aliphatic rings. The van der Waals surface area contributed by atoms with Gasteiger partial charge in [0.15, 0.2) is 5.65 Å². The topological polar surface area (TPSA) is 65.7 Å². The zero-order valence-corrected chi connectivity index (χ0v) is 12.3. The zero-order valence-electron chi connectivity index (χ0n) is 12.3. The summed E-state index contributed by atoms with van der Waals surface area (Å²) in [6, 6.07) is 9.45. The lowest BCUT2D eigenvalue weighted by molar-refractivity contribution is 0.0528. The van der Waals surface area contributed by atoms with Crippen LogP contribution in [0.25, 0.3) is 16.9 Å². The van der Waals surface area contributed by atoms with Gasteiger partial charge in [0.05, 0.1) is 25.6 Å². The second-order valence-corrected chi connectivity index (χ2v) is 4.57. The predicted molar refractivity (Wildman–Crippen MR) is 80.9 cm³/mol. The second kappa shape index (κ2) is 5.85. The number of esters is 1. The SMILES string of the molecule is CCOC(=O)c1cnn2c(-c3ccc(OC)cc3)ccnc12. The molecule has 0 N–H and O–H groups in total. The molecule has 0 spiro atoms. The Kier molecular flexibility index (Phi) is 3.74. The molecular formula is C16H15N3O3. The maximum absolute atomic E-state index is 11.9. The Morgan fingerprint density at radius 1 is 1.23 bits per heavy atom. The van der Waals surface area contributed by atoms with Crippen molar-refractivity contribution >= 4 is 11.6 Å². The van der Waals surface area contributed by atoms with Gasteiger partial charge in [-0.3, -0.25) is 0 Å². The minimum Gasteiger partial charge on any atom is -0.497 e. The van der Waals surface area contributed by atoms with Crippen LogP contribution in [0, 0.1) is 0 Å². The molecule has 0 aliphatic carbocycles. The van der Waals surface area contributed by atoms with Crippen LogP contribution in [-0.4, -0.2) is 34.3 Å². The Labute approximate surface area is 127 Å². The van der Waals surface area contributed by atoms with Crippen LogP contribution in [0.5, 0.6) is 5.75 Å². The first-order valence-electron chi connectivity index (χ1n) is 6.89. The van der Waals surface area contributed by atoms with Crippen LogP contribution in [0.1, 0.15) is 17.3 Å². The third kappa shape index (κ3) is 2.39. The van der Waals surface area contributed by atoms with Crippen LogP contribution >= 0.6 is 0 Å². The first kappa shape index (κ1) is 14.1. The molecule has 0 saturated heterocycles. The number of aromatic nitrogens is 3. The van der Waals surface area contributed by atoms with E-state index in [0.29, 0.717) is 17.8 Å². The van der Waals surface area contributed by atoms with Crippen molar-refractivity contribution < 1.29 is 14.3 Å². The fourth-order valence-electron chi connectivity index (χ4n) is 2.22. The van der Waals surface area contributed by atoms with E-state index in [9.17, 15) is 4.79 Å². The molecule has 112 valence electrons. The number of hydrogen-bond acceptors (Lipinski definition) is 5. The number of carbonyl (C=O) groups excluding carboxylic acids is 1. The fourth-order valence-corrected chi connectivity index (χ4v) is 2.22. The number of ether oxygens (including phenoxy) is 2. The first-order chi connectivity index (χ1) is 10.7. The molecule has 0 unspecified atom stereocenters. The Morgan fingerprint density at radius 2 is 2.00 bits per heavy atom. The minimum absolute atomic E-state index is 0.314. The molecule has 6 nitrogen and oxygen atoms in total. The molecule has 0 radical (unpaired) electrons. The van der Waals surface area contributed by atoms with Gasteiger partial charge in [0.1, 0.15) is 11.3 Å². The standard InChI is InChI=1S/C16H15N3O3/c1-3-22-16(20)13-10-18-19-14(8-9-17-15(13)19)11-4-6-12(21-2)7-5-11/h4-10H,3H2,1-2H3. The van der Waals surface area contributed by atoms with Crippen LogP contribution in [0.4, 0.5) is 0 Å². The summed E-state index contributed by atoms with van der Waals surface area (Å²) < 4.78 is 11.8. The molecule has 2 aromatic heterocycles. The number of benzene rings is 1. The van der Waals surface area contributed by atoms with E-state index in [4.69, 9.17) is 9.47 Å². The summed E-state index contributed by atoms with van der Waals surface area (Å²) in [5.41, 5.74) is 2.62. The van der Waals surface area contributed by atoms with E-state index in [1.54, 1.807) is 24.7 Å². The second-order valence-electron chi connectivity index (χ2n) is 4.57. The lowest BCUT2D eigenvalue weighted by atomic mass is 10.1. The zero-order chi connectivity index (χ0) is 15.5. The van der Waals surface area contributed by atoms with Crippen molar-refractivity contribution in [2.45, 2.75) is 6.92 Å². The van der Waals surface area contributed by atoms with Crippen LogP contribution in [0.3, 0.4) is 0 Å². The van der Waals surface area contributed by atoms with Crippen molar-refractivity contribution in [3.63, 3.8) is 0 Å². The van der Waals surface area contributed by atoms with Crippen LogP contribution in [0.2, 0.25) is 0 Å². The Bertz CT molecular complexity index is 809. The molecule has 0 saturated carbocycles. The lowest BCUT2D eigenvalue weighted by Gasteiger charge is -2.06. The van der Waals surface area contributed by atoms with E-state index in [1.165, 1.54) is 6.20 Å². The van der Waals surface area contributed by atoms with Crippen molar-refractivity contribution in [3.05, 3.63) is 48.3 Å². The molecule has 3 rings (SSSR count). The van der Waals surface area contributed by atoms with E-state index in [0.717, 1.165) is 17.0 Å². The molecular weight excluding hydrogens is 282 g/mol. The highest BCUT2D eigenvalue weighted by Crippen LogP contribution is 2.23. The maximum atomic E-state index is 11.9. The van der Waals surface area contributed by atoms with Gasteiger partial charge in [-0.1, -0.05) is 0 Å². The summed E-state index contributed by atoms with van der Waals surface area (Å²) in [6.07, 6.45) is 3.13. The third-order valence-electron chi connectivity index (χ3n) is 3.28. The Morgan fingerprint density at radius 3 is 2.68 bits per heavy atom. The maximum Gasteiger partial charge on any atom is 0.343 e. The van der Waals surface area contributed by atoms with E-state index < -0.39 is 5.97 Å². The average Bonchev–Trinajstić information content (AvgIpc) is 2.99. The van der Waals surface area contributed by atoms with E-state index in [2.05, 4.69) is 10.1 Å². The normalized spacial score (nSPS) is 10.6. The highest BCUT2D eigenvalue weighted by Gasteiger charge is 2.16. The van der Waals surface area contributed by atoms with Gasteiger partial charge in [-0.2, -0.15) is 5.10 Å². The summed E-state index contributed by atoms with van der Waals surface area (Å²) in [5, 5.41) is 4.26. The summed E-state index contributed by atoms with van der Waals surface area (Å²) >= 11 is 0. The number of methoxy groups -OCH3 is 1. The molecule has 0 amide bonds. The number of nitrogens with zero attached hydrogens (tertiary/aromatic N) is 3. The van der Waals surface area contributed by atoms with Gasteiger partial charge in [-0.15, -0.1) is 0 Å². The van der Waals surface area contributed by atoms with E-state index in [-0.39, 0.29) is 0 Å². The fraction of sp³-hybridized carbons (Fsp3) is 0.188. The van der Waals surface area contributed by atoms with Gasteiger partial charge in [0.2, 0.25) is 0 Å². The van der Waals surface area contributed by atoms with Gasteiger partial charge >= 0.3 is 5.97 Å². The van der Waals surface area contributed by atoms with E-state index >= 15 is 0 Å². The highest BCUT2D eigenvalue weighted by atomic mass is 16.5. The molecule has 0 atom stereocenters. The molecule has 2 heterocycles. The van der Waals surface area contributed by atoms with Gasteiger partial charge < -0.3 is 9.47 Å². The number of hydrogen-bond donors (Lipinski definition) is 0. The number of carbonyl (C=O) groups is 1. The van der Waals surface area contributed by atoms with Crippen molar-refractivity contribution in [1.82, 2.24) is 14.6 Å². The summed E-state index contributed by atoms with van der Waals surface area (Å²) in [4.78, 5) is 16.2. The molecule has 1 aromatic carbocycles. The van der Waals surface area contributed by atoms with Gasteiger partial charge in [-0.25, -0.2) is 14.3 Å². The van der Waals surface area contributed by atoms with Crippen LogP contribution < -0.4 is 4.74 Å². The summed E-state index contributed by atoms with van der Waals surface area (Å²) in [5.74, 6) is 0.360. The Balaban J connectivity index is 2.09. The van der Waals surface area contributed by atoms with Crippen LogP contribution in [-0.2, 0) is 4.74 Å². The number of rotatable bonds is 4. The summed E-state index contributed by atoms with van der Waals surface area (Å²) in [7, 11) is 1.62. The Hall–Kier alpha value is -2.89. The molecule has 6 heteroatoms. The van der Waals surface area contributed by atoms with Gasteiger partial charge in [0.25, 0.3) is 0 Å². The minimum atomic E-state index is -0.420. The van der Waals surface area contributed by atoms with Crippen molar-refractivity contribution in [3.8, 4) is 17.0 Å². The van der Waals surface area contributed by atoms with Gasteiger partial charge in [-0.05, 0) is 37.3 Å². The first-order valence-corrected chi connectivity index (χ1v) is 6.89. The largest absolute Gasteiger partial charge is 0.497 e. The van der Waals surface area contributed by atoms with Gasteiger partial charge in [0, 0.05) is 11.8 Å². The highest BCUT2D eigenvalue weighted by molar-refractivity contribution is 5.95. The summed E-state index contributed by atoms with van der Waals surface area (Å²) in [6.45, 7) is 2.08. The van der Waals surface area contributed by atoms with Crippen molar-refractivity contribution in [2.24, 2.45) is 0 Å². The quantitative estimate of drug-likeness (QED) is 0.692. The monoisotopic (exact) mass is 297 g/mol. The predicted octanol–water partition coefficient (Wildman–Crippen LogP) is 2.58. The molecule has 0 bridgehead atoms. The lowest BCUT2D eigenvalue weighted by Crippen LogP contribution is -2.05. The van der Waals surface area contributed by atoms with E-state index in [1.807, 2.05) is 30.3 Å². The van der Waals surface area contributed by atoms with Crippen molar-refractivity contribution in [2.75, 3.05) is 13.7 Å². The average molecular weight is 297 g/mol. The van der Waals surface area contributed by atoms with Crippen LogP contribution in [0.15, 0.2) is 42.7 Å². The molecule has 3 aromatic rings. The smallest absolute Gasteiger partial charge is 0.343 e.